The fraction of sp³-hybridized carbons (Fsp3) is 0.462. The van der Waals surface area contributed by atoms with Crippen LogP contribution >= 0.6 is 11.6 Å². The Morgan fingerprint density at radius 1 is 1.61 bits per heavy atom. The first-order chi connectivity index (χ1) is 8.63. The monoisotopic (exact) mass is 270 g/mol. The van der Waals surface area contributed by atoms with Gasteiger partial charge in [-0.1, -0.05) is 11.6 Å². The fourth-order valence-corrected chi connectivity index (χ4v) is 2.45. The van der Waals surface area contributed by atoms with Gasteiger partial charge < -0.3 is 10.2 Å². The van der Waals surface area contributed by atoms with E-state index in [1.165, 1.54) is 18.2 Å². The van der Waals surface area contributed by atoms with Gasteiger partial charge in [0, 0.05) is 24.7 Å². The maximum absolute atomic E-state index is 13.1. The van der Waals surface area contributed by atoms with Crippen molar-refractivity contribution >= 4 is 17.5 Å². The smallest absolute Gasteiger partial charge is 0.254 e. The molecule has 1 N–H and O–H groups in total. The molecule has 1 fully saturated rings. The van der Waals surface area contributed by atoms with Crippen molar-refractivity contribution in [3.8, 4) is 0 Å². The van der Waals surface area contributed by atoms with Crippen molar-refractivity contribution in [1.82, 2.24) is 10.2 Å². The van der Waals surface area contributed by atoms with E-state index in [2.05, 4.69) is 5.32 Å². The maximum atomic E-state index is 13.1. The zero-order valence-corrected chi connectivity index (χ0v) is 11.0. The van der Waals surface area contributed by atoms with Gasteiger partial charge in [-0.15, -0.1) is 0 Å². The lowest BCUT2D eigenvalue weighted by Crippen LogP contribution is -2.41. The largest absolute Gasteiger partial charge is 0.335 e. The van der Waals surface area contributed by atoms with Gasteiger partial charge >= 0.3 is 0 Å². The van der Waals surface area contributed by atoms with Gasteiger partial charge in [-0.25, -0.2) is 4.39 Å². The third-order valence-corrected chi connectivity index (χ3v) is 3.53. The highest BCUT2D eigenvalue weighted by molar-refractivity contribution is 6.31. The van der Waals surface area contributed by atoms with Crippen molar-refractivity contribution in [2.45, 2.75) is 19.4 Å². The molecule has 3 nitrogen and oxygen atoms in total. The van der Waals surface area contributed by atoms with Gasteiger partial charge in [-0.05, 0) is 38.1 Å². The number of likely N-dealkylation sites (N-methyl/N-ethyl adjacent to an activating group) is 1. The topological polar surface area (TPSA) is 32.3 Å². The molecule has 0 aromatic heterocycles. The van der Waals surface area contributed by atoms with E-state index in [1.807, 2.05) is 11.8 Å². The molecule has 0 spiro atoms. The van der Waals surface area contributed by atoms with Crippen LogP contribution in [-0.2, 0) is 0 Å². The highest BCUT2D eigenvalue weighted by Crippen LogP contribution is 2.19. The lowest BCUT2D eigenvalue weighted by molar-refractivity contribution is 0.0703. The molecule has 1 aromatic carbocycles. The zero-order chi connectivity index (χ0) is 13.1. The van der Waals surface area contributed by atoms with Crippen LogP contribution in [0.2, 0.25) is 5.02 Å². The van der Waals surface area contributed by atoms with Crippen LogP contribution in [0.25, 0.3) is 0 Å². The molecule has 0 saturated carbocycles. The number of carbonyl (C=O) groups excluding carboxylic acids is 1. The van der Waals surface area contributed by atoms with E-state index in [-0.39, 0.29) is 17.0 Å². The molecular formula is C13H16ClFN2O. The van der Waals surface area contributed by atoms with Crippen LogP contribution in [0.3, 0.4) is 0 Å². The number of halogens is 2. The van der Waals surface area contributed by atoms with E-state index in [1.54, 1.807) is 0 Å². The molecule has 1 saturated heterocycles. The minimum Gasteiger partial charge on any atom is -0.335 e. The molecule has 1 atom stereocenters. The fourth-order valence-electron chi connectivity index (χ4n) is 2.27. The molecule has 1 unspecified atom stereocenters. The van der Waals surface area contributed by atoms with Crippen molar-refractivity contribution in [2.24, 2.45) is 0 Å². The molecule has 0 radical (unpaired) electrons. The minimum absolute atomic E-state index is 0.0125. The number of hydrogen-bond acceptors (Lipinski definition) is 2. The van der Waals surface area contributed by atoms with Crippen LogP contribution in [0.1, 0.15) is 23.7 Å². The van der Waals surface area contributed by atoms with E-state index >= 15 is 0 Å². The molecule has 18 heavy (non-hydrogen) atoms. The predicted octanol–water partition coefficient (Wildman–Crippen LogP) is 2.30. The van der Waals surface area contributed by atoms with Gasteiger partial charge in [0.1, 0.15) is 5.82 Å². The second-order valence-electron chi connectivity index (χ2n) is 4.37. The van der Waals surface area contributed by atoms with Crippen molar-refractivity contribution in [2.75, 3.05) is 19.6 Å². The van der Waals surface area contributed by atoms with Crippen LogP contribution in [0, 0.1) is 5.82 Å². The summed E-state index contributed by atoms with van der Waals surface area (Å²) in [7, 11) is 0. The molecule has 1 aromatic rings. The summed E-state index contributed by atoms with van der Waals surface area (Å²) in [5.41, 5.74) is 0.440. The number of amides is 1. The van der Waals surface area contributed by atoms with Crippen LogP contribution < -0.4 is 5.32 Å². The predicted molar refractivity (Wildman–Crippen MR) is 69.4 cm³/mol. The summed E-state index contributed by atoms with van der Waals surface area (Å²) in [5, 5.41) is 3.22. The Kier molecular flexibility index (Phi) is 4.19. The summed E-state index contributed by atoms with van der Waals surface area (Å²) in [6.45, 7) is 4.33. The van der Waals surface area contributed by atoms with Gasteiger partial charge in [0.05, 0.1) is 5.02 Å². The van der Waals surface area contributed by atoms with Gasteiger partial charge in [0.25, 0.3) is 5.91 Å². The molecular weight excluding hydrogens is 255 g/mol. The highest BCUT2D eigenvalue weighted by Gasteiger charge is 2.26. The van der Waals surface area contributed by atoms with Gasteiger partial charge in [-0.3, -0.25) is 4.79 Å². The number of hydrogen-bond donors (Lipinski definition) is 1. The lowest BCUT2D eigenvalue weighted by atomic mass is 10.1. The Balaban J connectivity index is 2.19. The van der Waals surface area contributed by atoms with Crippen molar-refractivity contribution in [1.29, 1.82) is 0 Å². The molecule has 2 rings (SSSR count). The number of benzene rings is 1. The van der Waals surface area contributed by atoms with Gasteiger partial charge in [-0.2, -0.15) is 0 Å². The number of carbonyl (C=O) groups is 1. The normalized spacial score (nSPS) is 18.9. The van der Waals surface area contributed by atoms with E-state index < -0.39 is 5.82 Å². The quantitative estimate of drug-likeness (QED) is 0.914. The maximum Gasteiger partial charge on any atom is 0.254 e. The number of nitrogens with zero attached hydrogens (tertiary/aromatic N) is 1. The van der Waals surface area contributed by atoms with Crippen molar-refractivity contribution < 1.29 is 9.18 Å². The number of nitrogens with one attached hydrogen (secondary N) is 1. The molecule has 98 valence electrons. The van der Waals surface area contributed by atoms with E-state index in [9.17, 15) is 9.18 Å². The zero-order valence-electron chi connectivity index (χ0n) is 10.2. The Hall–Kier alpha value is -1.13. The van der Waals surface area contributed by atoms with Crippen LogP contribution in [0.5, 0.6) is 0 Å². The SMILES string of the molecule is CCN(C(=O)c1ccc(F)c(Cl)c1)C1CCNC1. The van der Waals surface area contributed by atoms with Crippen LogP contribution in [-0.4, -0.2) is 36.5 Å². The summed E-state index contributed by atoms with van der Waals surface area (Å²) in [4.78, 5) is 14.2. The van der Waals surface area contributed by atoms with Crippen molar-refractivity contribution in [3.05, 3.63) is 34.6 Å². The second-order valence-corrected chi connectivity index (χ2v) is 4.77. The molecule has 1 heterocycles. The van der Waals surface area contributed by atoms with E-state index in [4.69, 9.17) is 11.6 Å². The van der Waals surface area contributed by atoms with Crippen LogP contribution in [0.15, 0.2) is 18.2 Å². The molecule has 5 heteroatoms. The lowest BCUT2D eigenvalue weighted by Gasteiger charge is -2.27. The average molecular weight is 271 g/mol. The first-order valence-corrected chi connectivity index (χ1v) is 6.48. The standard InChI is InChI=1S/C13H16ClFN2O/c1-2-17(10-5-6-16-8-10)13(18)9-3-4-12(15)11(14)7-9/h3-4,7,10,16H,2,5-6,8H2,1H3. The summed E-state index contributed by atoms with van der Waals surface area (Å²) >= 11 is 5.71. The summed E-state index contributed by atoms with van der Waals surface area (Å²) in [5.74, 6) is -0.591. The van der Waals surface area contributed by atoms with E-state index in [0.717, 1.165) is 19.5 Å². The Labute approximate surface area is 111 Å². The minimum atomic E-state index is -0.501. The number of rotatable bonds is 3. The summed E-state index contributed by atoms with van der Waals surface area (Å²) in [6.07, 6.45) is 0.953. The Morgan fingerprint density at radius 2 is 2.39 bits per heavy atom. The third kappa shape index (κ3) is 2.65. The Morgan fingerprint density at radius 3 is 2.94 bits per heavy atom. The first kappa shape index (κ1) is 13.3. The van der Waals surface area contributed by atoms with Crippen LogP contribution in [0.4, 0.5) is 4.39 Å². The van der Waals surface area contributed by atoms with Gasteiger partial charge in [0.15, 0.2) is 0 Å². The van der Waals surface area contributed by atoms with E-state index in [0.29, 0.717) is 12.1 Å². The Bertz CT molecular complexity index is 447. The molecule has 1 aliphatic rings. The second kappa shape index (κ2) is 5.67. The summed E-state index contributed by atoms with van der Waals surface area (Å²) in [6, 6.07) is 4.32. The molecule has 1 amide bonds. The third-order valence-electron chi connectivity index (χ3n) is 3.24. The van der Waals surface area contributed by atoms with Gasteiger partial charge in [0.2, 0.25) is 0 Å². The average Bonchev–Trinajstić information content (AvgIpc) is 2.87. The molecule has 0 aliphatic carbocycles. The highest BCUT2D eigenvalue weighted by atomic mass is 35.5. The van der Waals surface area contributed by atoms with Crippen molar-refractivity contribution in [3.63, 3.8) is 0 Å². The molecule has 0 bridgehead atoms. The summed E-state index contributed by atoms with van der Waals surface area (Å²) < 4.78 is 13.1. The molecule has 1 aliphatic heterocycles. The first-order valence-electron chi connectivity index (χ1n) is 6.10.